The standard InChI is InChI=1S/C23H29N3O4S/c1-4-17-24-23(28)20-9-7-8-10-21(20)25-22(27)16-13-18-11-14-19(15-12-18)31(29,30)26(5-2)6-3/h7-16H,4-6,17H2,1-3H3,(H,24,28)(H,25,27)/b16-13+. The molecule has 0 bridgehead atoms. The van der Waals surface area contributed by atoms with Crippen molar-refractivity contribution in [2.45, 2.75) is 32.1 Å². The Labute approximate surface area is 184 Å². The number of carbonyl (C=O) groups excluding carboxylic acids is 2. The molecule has 31 heavy (non-hydrogen) atoms. The predicted molar refractivity (Wildman–Crippen MR) is 123 cm³/mol. The first-order chi connectivity index (χ1) is 14.8. The summed E-state index contributed by atoms with van der Waals surface area (Å²) in [7, 11) is -3.52. The molecular formula is C23H29N3O4S. The lowest BCUT2D eigenvalue weighted by atomic mass is 10.1. The largest absolute Gasteiger partial charge is 0.352 e. The molecular weight excluding hydrogens is 414 g/mol. The molecule has 0 fully saturated rings. The fraction of sp³-hybridized carbons (Fsp3) is 0.304. The molecule has 0 spiro atoms. The lowest BCUT2D eigenvalue weighted by molar-refractivity contribution is -0.111. The van der Waals surface area contributed by atoms with E-state index in [0.29, 0.717) is 36.4 Å². The Balaban J connectivity index is 2.09. The molecule has 0 aliphatic rings. The molecule has 8 heteroatoms. The van der Waals surface area contributed by atoms with Crippen LogP contribution in [0.15, 0.2) is 59.5 Å². The first-order valence-electron chi connectivity index (χ1n) is 10.3. The lowest BCUT2D eigenvalue weighted by Crippen LogP contribution is -2.30. The van der Waals surface area contributed by atoms with Crippen LogP contribution < -0.4 is 10.6 Å². The summed E-state index contributed by atoms with van der Waals surface area (Å²) < 4.78 is 26.5. The van der Waals surface area contributed by atoms with Gasteiger partial charge in [0.25, 0.3) is 5.91 Å². The summed E-state index contributed by atoms with van der Waals surface area (Å²) in [5.74, 6) is -0.637. The molecule has 166 valence electrons. The molecule has 0 atom stereocenters. The first-order valence-corrected chi connectivity index (χ1v) is 11.7. The molecule has 0 saturated carbocycles. The minimum atomic E-state index is -3.52. The van der Waals surface area contributed by atoms with Gasteiger partial charge >= 0.3 is 0 Å². The van der Waals surface area contributed by atoms with Crippen molar-refractivity contribution in [2.24, 2.45) is 0 Å². The number of anilines is 1. The first kappa shape index (κ1) is 24.3. The number of hydrogen-bond acceptors (Lipinski definition) is 4. The van der Waals surface area contributed by atoms with Gasteiger partial charge in [0.15, 0.2) is 0 Å². The molecule has 0 heterocycles. The van der Waals surface area contributed by atoms with Gasteiger partial charge in [-0.05, 0) is 42.3 Å². The van der Waals surface area contributed by atoms with Gasteiger partial charge in [-0.2, -0.15) is 4.31 Å². The van der Waals surface area contributed by atoms with Gasteiger partial charge in [0.1, 0.15) is 0 Å². The van der Waals surface area contributed by atoms with Crippen LogP contribution >= 0.6 is 0 Å². The minimum Gasteiger partial charge on any atom is -0.352 e. The fourth-order valence-electron chi connectivity index (χ4n) is 2.93. The minimum absolute atomic E-state index is 0.213. The van der Waals surface area contributed by atoms with Crippen molar-refractivity contribution in [1.82, 2.24) is 9.62 Å². The molecule has 0 aliphatic heterocycles. The number of rotatable bonds is 10. The second kappa shape index (κ2) is 11.4. The van der Waals surface area contributed by atoms with Crippen LogP contribution in [0.2, 0.25) is 0 Å². The highest BCUT2D eigenvalue weighted by molar-refractivity contribution is 7.89. The summed E-state index contributed by atoms with van der Waals surface area (Å²) in [6, 6.07) is 13.1. The number of nitrogens with zero attached hydrogens (tertiary/aromatic N) is 1. The van der Waals surface area contributed by atoms with E-state index in [1.807, 2.05) is 6.92 Å². The molecule has 2 N–H and O–H groups in total. The van der Waals surface area contributed by atoms with Gasteiger partial charge in [0, 0.05) is 25.7 Å². The second-order valence-electron chi connectivity index (χ2n) is 6.78. The van der Waals surface area contributed by atoms with E-state index in [9.17, 15) is 18.0 Å². The van der Waals surface area contributed by atoms with E-state index in [2.05, 4.69) is 10.6 Å². The summed E-state index contributed by atoms with van der Waals surface area (Å²) in [6.07, 6.45) is 3.75. The number of para-hydroxylation sites is 1. The van der Waals surface area contributed by atoms with Crippen LogP contribution in [-0.2, 0) is 14.8 Å². The zero-order valence-electron chi connectivity index (χ0n) is 18.1. The van der Waals surface area contributed by atoms with Crippen molar-refractivity contribution < 1.29 is 18.0 Å². The summed E-state index contributed by atoms with van der Waals surface area (Å²) >= 11 is 0. The van der Waals surface area contributed by atoms with E-state index in [1.165, 1.54) is 22.5 Å². The van der Waals surface area contributed by atoms with E-state index in [-0.39, 0.29) is 10.8 Å². The average Bonchev–Trinajstić information content (AvgIpc) is 2.77. The summed E-state index contributed by atoms with van der Waals surface area (Å²) in [5, 5.41) is 5.51. The zero-order chi connectivity index (χ0) is 22.9. The van der Waals surface area contributed by atoms with Crippen molar-refractivity contribution in [3.63, 3.8) is 0 Å². The molecule has 0 aliphatic carbocycles. The number of benzene rings is 2. The van der Waals surface area contributed by atoms with Crippen LogP contribution in [0.25, 0.3) is 6.08 Å². The zero-order valence-corrected chi connectivity index (χ0v) is 18.9. The van der Waals surface area contributed by atoms with Crippen LogP contribution in [0.1, 0.15) is 43.1 Å². The predicted octanol–water partition coefficient (Wildman–Crippen LogP) is 3.51. The Bertz CT molecular complexity index is 1030. The van der Waals surface area contributed by atoms with E-state index in [0.717, 1.165) is 6.42 Å². The Hall–Kier alpha value is -2.97. The summed E-state index contributed by atoms with van der Waals surface area (Å²) in [4.78, 5) is 24.8. The molecule has 0 saturated heterocycles. The highest BCUT2D eigenvalue weighted by Gasteiger charge is 2.21. The number of carbonyl (C=O) groups is 2. The van der Waals surface area contributed by atoms with Crippen molar-refractivity contribution in [1.29, 1.82) is 0 Å². The smallest absolute Gasteiger partial charge is 0.253 e. The summed E-state index contributed by atoms with van der Waals surface area (Å²) in [6.45, 7) is 6.91. The maximum Gasteiger partial charge on any atom is 0.253 e. The Morgan fingerprint density at radius 1 is 0.968 bits per heavy atom. The fourth-order valence-corrected chi connectivity index (χ4v) is 4.39. The van der Waals surface area contributed by atoms with Gasteiger partial charge < -0.3 is 10.6 Å². The number of nitrogens with one attached hydrogen (secondary N) is 2. The van der Waals surface area contributed by atoms with Crippen molar-refractivity contribution in [2.75, 3.05) is 25.0 Å². The van der Waals surface area contributed by atoms with Crippen LogP contribution in [-0.4, -0.2) is 44.2 Å². The molecule has 7 nitrogen and oxygen atoms in total. The van der Waals surface area contributed by atoms with Crippen LogP contribution in [0, 0.1) is 0 Å². The number of sulfonamides is 1. The monoisotopic (exact) mass is 443 g/mol. The highest BCUT2D eigenvalue weighted by atomic mass is 32.2. The quantitative estimate of drug-likeness (QED) is 0.549. The third kappa shape index (κ3) is 6.50. The Morgan fingerprint density at radius 3 is 2.23 bits per heavy atom. The third-order valence-electron chi connectivity index (χ3n) is 4.62. The maximum atomic E-state index is 12.5. The third-order valence-corrected chi connectivity index (χ3v) is 6.68. The van der Waals surface area contributed by atoms with Crippen LogP contribution in [0.3, 0.4) is 0 Å². The van der Waals surface area contributed by atoms with Gasteiger partial charge in [0.2, 0.25) is 15.9 Å². The van der Waals surface area contributed by atoms with Gasteiger partial charge in [-0.3, -0.25) is 9.59 Å². The van der Waals surface area contributed by atoms with E-state index in [4.69, 9.17) is 0 Å². The Morgan fingerprint density at radius 2 is 1.61 bits per heavy atom. The SMILES string of the molecule is CCCNC(=O)c1ccccc1NC(=O)/C=C/c1ccc(S(=O)(=O)N(CC)CC)cc1. The van der Waals surface area contributed by atoms with Crippen molar-refractivity contribution >= 4 is 33.6 Å². The van der Waals surface area contributed by atoms with Crippen LogP contribution in [0.4, 0.5) is 5.69 Å². The van der Waals surface area contributed by atoms with Gasteiger partial charge in [-0.1, -0.05) is 45.0 Å². The molecule has 0 unspecified atom stereocenters. The molecule has 2 amide bonds. The van der Waals surface area contributed by atoms with E-state index >= 15 is 0 Å². The lowest BCUT2D eigenvalue weighted by Gasteiger charge is -2.18. The number of hydrogen-bond donors (Lipinski definition) is 2. The molecule has 2 rings (SSSR count). The van der Waals surface area contributed by atoms with Gasteiger partial charge in [-0.25, -0.2) is 8.42 Å². The molecule has 0 aromatic heterocycles. The van der Waals surface area contributed by atoms with Crippen molar-refractivity contribution in [3.8, 4) is 0 Å². The highest BCUT2D eigenvalue weighted by Crippen LogP contribution is 2.18. The van der Waals surface area contributed by atoms with Gasteiger partial charge in [0.05, 0.1) is 16.1 Å². The molecule has 2 aromatic carbocycles. The summed E-state index contributed by atoms with van der Waals surface area (Å²) in [5.41, 5.74) is 1.50. The maximum absolute atomic E-state index is 12.5. The molecule has 0 radical (unpaired) electrons. The van der Waals surface area contributed by atoms with Gasteiger partial charge in [-0.15, -0.1) is 0 Å². The average molecular weight is 444 g/mol. The second-order valence-corrected chi connectivity index (χ2v) is 8.72. The normalized spacial score (nSPS) is 11.6. The topological polar surface area (TPSA) is 95.6 Å². The van der Waals surface area contributed by atoms with Crippen LogP contribution in [0.5, 0.6) is 0 Å². The number of amides is 2. The molecule has 2 aromatic rings. The Kier molecular flexibility index (Phi) is 8.96. The van der Waals surface area contributed by atoms with E-state index < -0.39 is 15.9 Å². The van der Waals surface area contributed by atoms with E-state index in [1.54, 1.807) is 56.3 Å². The van der Waals surface area contributed by atoms with Crippen molar-refractivity contribution in [3.05, 3.63) is 65.7 Å².